The van der Waals surface area contributed by atoms with Gasteiger partial charge in [-0.15, -0.1) is 0 Å². The lowest BCUT2D eigenvalue weighted by Crippen LogP contribution is -2.36. The van der Waals surface area contributed by atoms with E-state index in [-0.39, 0.29) is 36.6 Å². The number of furan rings is 1. The molecule has 3 atom stereocenters. The van der Waals surface area contributed by atoms with E-state index in [0.717, 1.165) is 24.3 Å². The number of Topliss-reactive ketones (excluding diaryl/α,β-unsaturated/α-hetero) is 1. The number of phenolic OH excluding ortho intramolecular Hbond substituents is 1. The van der Waals surface area contributed by atoms with Gasteiger partial charge in [-0.2, -0.15) is 0 Å². The third-order valence-corrected chi connectivity index (χ3v) is 6.95. The average Bonchev–Trinajstić information content (AvgIpc) is 3.56. The maximum atomic E-state index is 13.5. The predicted octanol–water partition coefficient (Wildman–Crippen LogP) is 4.08. The van der Waals surface area contributed by atoms with Gasteiger partial charge in [0, 0.05) is 41.8 Å². The lowest BCUT2D eigenvalue weighted by Gasteiger charge is -2.36. The zero-order valence-electron chi connectivity index (χ0n) is 19.8. The fourth-order valence-corrected chi connectivity index (χ4v) is 5.28. The lowest BCUT2D eigenvalue weighted by atomic mass is 9.72. The lowest BCUT2D eigenvalue weighted by molar-refractivity contribution is -0.142. The number of aromatic hydroxyl groups is 1. The number of carbonyl (C=O) groups excluding carboxylic acids is 2. The molecule has 1 fully saturated rings. The van der Waals surface area contributed by atoms with E-state index in [2.05, 4.69) is 5.32 Å². The van der Waals surface area contributed by atoms with Crippen molar-refractivity contribution >= 4 is 11.8 Å². The zero-order valence-corrected chi connectivity index (χ0v) is 19.8. The summed E-state index contributed by atoms with van der Waals surface area (Å²) in [6, 6.07) is 8.64. The van der Waals surface area contributed by atoms with Gasteiger partial charge in [0.15, 0.2) is 17.3 Å². The molecule has 35 heavy (non-hydrogen) atoms. The summed E-state index contributed by atoms with van der Waals surface area (Å²) in [4.78, 5) is 26.9. The maximum Gasteiger partial charge on any atom is 0.336 e. The van der Waals surface area contributed by atoms with E-state index in [9.17, 15) is 14.7 Å². The standard InChI is InChI=1S/C27H29NO7/c1-15-24(27(31)35-14-18-5-3-9-33-18)25(16-7-8-23(32-2)20(29)12-16)26-19(28-15)11-17(13-21(26)30)22-6-4-10-34-22/h4,6-8,10,12,17-18,25,28-29H,3,5,9,11,13-14H2,1-2H3/t17-,18+,25+/m0/s1. The molecule has 1 aromatic heterocycles. The van der Waals surface area contributed by atoms with E-state index in [1.165, 1.54) is 7.11 Å². The number of dihydropyridines is 1. The van der Waals surface area contributed by atoms with E-state index >= 15 is 0 Å². The number of hydrogen-bond donors (Lipinski definition) is 2. The third-order valence-electron chi connectivity index (χ3n) is 6.95. The summed E-state index contributed by atoms with van der Waals surface area (Å²) in [7, 11) is 1.47. The van der Waals surface area contributed by atoms with Crippen molar-refractivity contribution in [3.63, 3.8) is 0 Å². The van der Waals surface area contributed by atoms with Crippen molar-refractivity contribution < 1.29 is 33.3 Å². The van der Waals surface area contributed by atoms with Crippen molar-refractivity contribution in [3.05, 3.63) is 70.5 Å². The number of esters is 1. The van der Waals surface area contributed by atoms with Crippen LogP contribution in [0.15, 0.2) is 63.6 Å². The highest BCUT2D eigenvalue weighted by Gasteiger charge is 2.42. The number of phenols is 1. The minimum absolute atomic E-state index is 0.0628. The summed E-state index contributed by atoms with van der Waals surface area (Å²) in [6.45, 7) is 2.64. The minimum atomic E-state index is -0.676. The zero-order chi connectivity index (χ0) is 24.5. The average molecular weight is 480 g/mol. The fraction of sp³-hybridized carbons (Fsp3) is 0.407. The molecule has 2 aromatic rings. The molecular weight excluding hydrogens is 450 g/mol. The van der Waals surface area contributed by atoms with Gasteiger partial charge in [0.2, 0.25) is 0 Å². The molecule has 8 nitrogen and oxygen atoms in total. The quantitative estimate of drug-likeness (QED) is 0.597. The molecule has 1 aromatic carbocycles. The van der Waals surface area contributed by atoms with Gasteiger partial charge in [0.05, 0.1) is 25.1 Å². The van der Waals surface area contributed by atoms with Gasteiger partial charge in [-0.25, -0.2) is 4.79 Å². The first-order valence-corrected chi connectivity index (χ1v) is 11.9. The van der Waals surface area contributed by atoms with Crippen LogP contribution < -0.4 is 10.1 Å². The van der Waals surface area contributed by atoms with Crippen LogP contribution in [0.4, 0.5) is 0 Å². The van der Waals surface area contributed by atoms with Crippen LogP contribution in [-0.2, 0) is 19.1 Å². The number of methoxy groups -OCH3 is 1. The summed E-state index contributed by atoms with van der Waals surface area (Å²) < 4.78 is 22.0. The summed E-state index contributed by atoms with van der Waals surface area (Å²) >= 11 is 0. The van der Waals surface area contributed by atoms with E-state index in [0.29, 0.717) is 41.2 Å². The number of benzene rings is 1. The second-order valence-electron chi connectivity index (χ2n) is 9.20. The van der Waals surface area contributed by atoms with Gasteiger partial charge >= 0.3 is 5.97 Å². The van der Waals surface area contributed by atoms with Crippen molar-refractivity contribution in [2.75, 3.05) is 20.3 Å². The summed E-state index contributed by atoms with van der Waals surface area (Å²) in [6.07, 6.45) is 4.13. The second kappa shape index (κ2) is 9.62. The number of hydrogen-bond acceptors (Lipinski definition) is 8. The topological polar surface area (TPSA) is 107 Å². The number of ketones is 1. The summed E-state index contributed by atoms with van der Waals surface area (Å²) in [5.74, 6) is -0.330. The van der Waals surface area contributed by atoms with E-state index in [4.69, 9.17) is 18.6 Å². The SMILES string of the molecule is COc1ccc([C@@H]2C(C(=O)OC[C@H]3CCCO3)=C(C)NC3=C2C(=O)C[C@@H](c2ccco2)C3)cc1O. The molecule has 0 amide bonds. The smallest absolute Gasteiger partial charge is 0.336 e. The Morgan fingerprint density at radius 3 is 2.80 bits per heavy atom. The van der Waals surface area contributed by atoms with Crippen molar-refractivity contribution in [2.45, 2.75) is 50.5 Å². The Morgan fingerprint density at radius 1 is 1.26 bits per heavy atom. The largest absolute Gasteiger partial charge is 0.504 e. The van der Waals surface area contributed by atoms with Gasteiger partial charge < -0.3 is 29.1 Å². The number of ether oxygens (including phenoxy) is 3. The van der Waals surface area contributed by atoms with Crippen LogP contribution >= 0.6 is 0 Å². The van der Waals surface area contributed by atoms with Gasteiger partial charge in [-0.3, -0.25) is 4.79 Å². The molecule has 0 spiro atoms. The Kier molecular flexibility index (Phi) is 6.38. The first-order chi connectivity index (χ1) is 17.0. The molecule has 2 aliphatic heterocycles. The third kappa shape index (κ3) is 4.46. The number of allylic oxidation sites excluding steroid dienone is 3. The van der Waals surface area contributed by atoms with E-state index in [1.54, 1.807) is 24.5 Å². The van der Waals surface area contributed by atoms with Crippen LogP contribution in [-0.4, -0.2) is 43.3 Å². The Balaban J connectivity index is 1.52. The van der Waals surface area contributed by atoms with Crippen molar-refractivity contribution in [1.82, 2.24) is 5.32 Å². The maximum absolute atomic E-state index is 13.5. The molecule has 5 rings (SSSR count). The minimum Gasteiger partial charge on any atom is -0.504 e. The van der Waals surface area contributed by atoms with Gasteiger partial charge in [-0.1, -0.05) is 6.07 Å². The van der Waals surface area contributed by atoms with Crippen molar-refractivity contribution in [2.24, 2.45) is 0 Å². The van der Waals surface area contributed by atoms with Crippen molar-refractivity contribution in [3.8, 4) is 11.5 Å². The molecule has 1 aliphatic carbocycles. The molecule has 1 saturated heterocycles. The first-order valence-electron chi connectivity index (χ1n) is 11.9. The molecule has 2 N–H and O–H groups in total. The van der Waals surface area contributed by atoms with Gasteiger partial charge in [0.1, 0.15) is 12.4 Å². The molecular formula is C27H29NO7. The van der Waals surface area contributed by atoms with Crippen molar-refractivity contribution in [1.29, 1.82) is 0 Å². The van der Waals surface area contributed by atoms with Gasteiger partial charge in [-0.05, 0) is 56.0 Å². The predicted molar refractivity (Wildman–Crippen MR) is 126 cm³/mol. The molecule has 0 saturated carbocycles. The highest BCUT2D eigenvalue weighted by molar-refractivity contribution is 6.04. The number of nitrogens with one attached hydrogen (secondary N) is 1. The Hall–Kier alpha value is -3.52. The summed E-state index contributed by atoms with van der Waals surface area (Å²) in [5.41, 5.74) is 2.87. The second-order valence-corrected chi connectivity index (χ2v) is 9.20. The Morgan fingerprint density at radius 2 is 2.11 bits per heavy atom. The van der Waals surface area contributed by atoms with Crippen LogP contribution in [0.2, 0.25) is 0 Å². The molecule has 0 unspecified atom stereocenters. The van der Waals surface area contributed by atoms with Crippen LogP contribution in [0.1, 0.15) is 55.8 Å². The fourth-order valence-electron chi connectivity index (χ4n) is 5.28. The molecule has 3 aliphatic rings. The number of carbonyl (C=O) groups is 2. The molecule has 3 heterocycles. The molecule has 184 valence electrons. The Labute approximate surface area is 203 Å². The van der Waals surface area contributed by atoms with Crippen LogP contribution in [0.5, 0.6) is 11.5 Å². The van der Waals surface area contributed by atoms with Gasteiger partial charge in [0.25, 0.3) is 0 Å². The molecule has 8 heteroatoms. The molecule has 0 bridgehead atoms. The van der Waals surface area contributed by atoms with E-state index < -0.39 is 11.9 Å². The Bertz CT molecular complexity index is 1190. The van der Waals surface area contributed by atoms with Crippen LogP contribution in [0.25, 0.3) is 0 Å². The highest BCUT2D eigenvalue weighted by Crippen LogP contribution is 2.47. The normalized spacial score (nSPS) is 24.3. The van der Waals surface area contributed by atoms with Crippen LogP contribution in [0, 0.1) is 0 Å². The number of rotatable bonds is 6. The van der Waals surface area contributed by atoms with E-state index in [1.807, 2.05) is 19.1 Å². The first kappa shape index (κ1) is 23.2. The summed E-state index contributed by atoms with van der Waals surface area (Å²) in [5, 5.41) is 13.8. The monoisotopic (exact) mass is 479 g/mol. The van der Waals surface area contributed by atoms with Crippen LogP contribution in [0.3, 0.4) is 0 Å². The molecule has 0 radical (unpaired) electrons. The highest BCUT2D eigenvalue weighted by atomic mass is 16.6.